The summed E-state index contributed by atoms with van der Waals surface area (Å²) in [4.78, 5) is 36.2. The monoisotopic (exact) mass is 325 g/mol. The number of hydrogen-bond donors (Lipinski definition) is 2. The van der Waals surface area contributed by atoms with Crippen LogP contribution >= 0.6 is 15.9 Å². The zero-order chi connectivity index (χ0) is 14.0. The molecule has 0 saturated carbocycles. The van der Waals surface area contributed by atoms with Gasteiger partial charge in [0, 0.05) is 17.4 Å². The molecular formula is C12H12BrN3O3. The van der Waals surface area contributed by atoms with Gasteiger partial charge in [-0.1, -0.05) is 15.9 Å². The van der Waals surface area contributed by atoms with Crippen LogP contribution in [0.2, 0.25) is 0 Å². The Bertz CT molecular complexity index is 559. The number of carbonyl (C=O) groups is 3. The zero-order valence-electron chi connectivity index (χ0n) is 9.98. The van der Waals surface area contributed by atoms with Crippen molar-refractivity contribution in [3.63, 3.8) is 0 Å². The number of benzene rings is 1. The Morgan fingerprint density at radius 2 is 1.95 bits per heavy atom. The largest absolute Gasteiger partial charge is 0.294 e. The summed E-state index contributed by atoms with van der Waals surface area (Å²) in [5, 5.41) is 0. The first kappa shape index (κ1) is 13.7. The fourth-order valence-corrected chi connectivity index (χ4v) is 2.30. The van der Waals surface area contributed by atoms with E-state index in [1.165, 1.54) is 0 Å². The van der Waals surface area contributed by atoms with Gasteiger partial charge in [-0.3, -0.25) is 24.7 Å². The summed E-state index contributed by atoms with van der Waals surface area (Å²) >= 11 is 3.26. The summed E-state index contributed by atoms with van der Waals surface area (Å²) in [5.41, 5.74) is 2.79. The van der Waals surface area contributed by atoms with Crippen molar-refractivity contribution in [2.75, 3.05) is 6.54 Å². The van der Waals surface area contributed by atoms with Crippen LogP contribution in [0.15, 0.2) is 22.7 Å². The van der Waals surface area contributed by atoms with Crippen LogP contribution in [0, 0.1) is 0 Å². The molecule has 0 aromatic heterocycles. The lowest BCUT2D eigenvalue weighted by Crippen LogP contribution is -2.33. The first-order valence-electron chi connectivity index (χ1n) is 5.70. The van der Waals surface area contributed by atoms with Crippen molar-refractivity contribution in [1.29, 1.82) is 0 Å². The third-order valence-corrected chi connectivity index (χ3v) is 3.37. The lowest BCUT2D eigenvalue weighted by molar-refractivity contribution is -0.121. The molecular weight excluding hydrogens is 314 g/mol. The van der Waals surface area contributed by atoms with Gasteiger partial charge in [0.15, 0.2) is 0 Å². The van der Waals surface area contributed by atoms with E-state index in [9.17, 15) is 14.4 Å². The van der Waals surface area contributed by atoms with Crippen LogP contribution in [-0.4, -0.2) is 29.2 Å². The fraction of sp³-hybridized carbons (Fsp3) is 0.250. The number of amides is 3. The molecule has 3 N–H and O–H groups in total. The minimum atomic E-state index is -0.325. The SMILES string of the molecule is NNC(=O)CCCN1C(=O)c2ccc(Br)cc2C1=O. The molecule has 0 bridgehead atoms. The van der Waals surface area contributed by atoms with Gasteiger partial charge in [0.2, 0.25) is 5.91 Å². The highest BCUT2D eigenvalue weighted by atomic mass is 79.9. The van der Waals surface area contributed by atoms with Crippen molar-refractivity contribution in [1.82, 2.24) is 10.3 Å². The van der Waals surface area contributed by atoms with Crippen LogP contribution in [0.5, 0.6) is 0 Å². The highest BCUT2D eigenvalue weighted by Gasteiger charge is 2.35. The van der Waals surface area contributed by atoms with Crippen molar-refractivity contribution < 1.29 is 14.4 Å². The molecule has 1 aliphatic rings. The molecule has 0 unspecified atom stereocenters. The zero-order valence-corrected chi connectivity index (χ0v) is 11.6. The molecule has 1 aromatic rings. The third-order valence-electron chi connectivity index (χ3n) is 2.88. The van der Waals surface area contributed by atoms with E-state index in [1.54, 1.807) is 18.2 Å². The van der Waals surface area contributed by atoms with Gasteiger partial charge >= 0.3 is 0 Å². The quantitative estimate of drug-likeness (QED) is 0.371. The number of rotatable bonds is 4. The van der Waals surface area contributed by atoms with Crippen LogP contribution in [0.4, 0.5) is 0 Å². The fourth-order valence-electron chi connectivity index (χ4n) is 1.94. The topological polar surface area (TPSA) is 92.5 Å². The van der Waals surface area contributed by atoms with E-state index < -0.39 is 0 Å². The Morgan fingerprint density at radius 3 is 2.63 bits per heavy atom. The normalized spacial score (nSPS) is 13.7. The Balaban J connectivity index is 2.08. The molecule has 0 saturated heterocycles. The molecule has 2 rings (SSSR count). The highest BCUT2D eigenvalue weighted by Crippen LogP contribution is 2.26. The molecule has 1 aliphatic heterocycles. The maximum absolute atomic E-state index is 12.1. The number of carbonyl (C=O) groups excluding carboxylic acids is 3. The van der Waals surface area contributed by atoms with E-state index in [2.05, 4.69) is 15.9 Å². The van der Waals surface area contributed by atoms with Gasteiger partial charge in [-0.2, -0.15) is 0 Å². The van der Waals surface area contributed by atoms with Gasteiger partial charge in [-0.05, 0) is 24.6 Å². The van der Waals surface area contributed by atoms with E-state index in [4.69, 9.17) is 5.84 Å². The van der Waals surface area contributed by atoms with Crippen LogP contribution in [0.25, 0.3) is 0 Å². The predicted molar refractivity (Wildman–Crippen MR) is 71.1 cm³/mol. The maximum Gasteiger partial charge on any atom is 0.261 e. The Kier molecular flexibility index (Phi) is 3.96. The van der Waals surface area contributed by atoms with Gasteiger partial charge < -0.3 is 0 Å². The predicted octanol–water partition coefficient (Wildman–Crippen LogP) is 0.815. The van der Waals surface area contributed by atoms with Crippen LogP contribution in [0.1, 0.15) is 33.6 Å². The number of fused-ring (bicyclic) bond motifs is 1. The van der Waals surface area contributed by atoms with Crippen molar-refractivity contribution in [3.05, 3.63) is 33.8 Å². The van der Waals surface area contributed by atoms with Crippen molar-refractivity contribution >= 4 is 33.7 Å². The molecule has 7 heteroatoms. The van der Waals surface area contributed by atoms with Crippen LogP contribution < -0.4 is 11.3 Å². The summed E-state index contributed by atoms with van der Waals surface area (Å²) in [7, 11) is 0. The molecule has 0 radical (unpaired) electrons. The Labute approximate surface area is 118 Å². The molecule has 100 valence electrons. The summed E-state index contributed by atoms with van der Waals surface area (Å²) in [5.74, 6) is 3.99. The van der Waals surface area contributed by atoms with Gasteiger partial charge in [-0.15, -0.1) is 0 Å². The molecule has 0 fully saturated rings. The second kappa shape index (κ2) is 5.50. The van der Waals surface area contributed by atoms with Gasteiger partial charge in [-0.25, -0.2) is 5.84 Å². The van der Waals surface area contributed by atoms with E-state index in [-0.39, 0.29) is 30.7 Å². The summed E-state index contributed by atoms with van der Waals surface area (Å²) in [6, 6.07) is 4.96. The lowest BCUT2D eigenvalue weighted by Gasteiger charge is -2.12. The Hall–Kier alpha value is -1.73. The second-order valence-electron chi connectivity index (χ2n) is 4.12. The van der Waals surface area contributed by atoms with E-state index in [0.29, 0.717) is 17.5 Å². The van der Waals surface area contributed by atoms with E-state index >= 15 is 0 Å². The number of imide groups is 1. The third kappa shape index (κ3) is 2.66. The number of halogens is 1. The standard InChI is InChI=1S/C12H12BrN3O3/c13-7-3-4-8-9(6-7)12(19)16(11(8)18)5-1-2-10(17)15-14/h3-4,6H,1-2,5,14H2,(H,15,17). The average molecular weight is 326 g/mol. The van der Waals surface area contributed by atoms with Gasteiger partial charge in [0.1, 0.15) is 0 Å². The molecule has 0 spiro atoms. The number of hydrazine groups is 1. The number of nitrogens with one attached hydrogen (secondary N) is 1. The smallest absolute Gasteiger partial charge is 0.261 e. The first-order chi connectivity index (χ1) is 9.04. The van der Waals surface area contributed by atoms with E-state index in [1.807, 2.05) is 5.43 Å². The number of nitrogens with two attached hydrogens (primary N) is 1. The minimum Gasteiger partial charge on any atom is -0.294 e. The minimum absolute atomic E-state index is 0.174. The molecule has 6 nitrogen and oxygen atoms in total. The van der Waals surface area contributed by atoms with Gasteiger partial charge in [0.05, 0.1) is 11.1 Å². The number of hydrogen-bond acceptors (Lipinski definition) is 4. The average Bonchev–Trinajstić information content (AvgIpc) is 2.63. The Morgan fingerprint density at radius 1 is 1.26 bits per heavy atom. The maximum atomic E-state index is 12.1. The molecule has 1 aromatic carbocycles. The molecule has 0 aliphatic carbocycles. The molecule has 1 heterocycles. The molecule has 19 heavy (non-hydrogen) atoms. The summed E-state index contributed by atoms with van der Waals surface area (Å²) in [6.07, 6.45) is 0.559. The van der Waals surface area contributed by atoms with Crippen molar-refractivity contribution in [2.45, 2.75) is 12.8 Å². The summed E-state index contributed by atoms with van der Waals surface area (Å²) < 4.78 is 0.747. The lowest BCUT2D eigenvalue weighted by atomic mass is 10.1. The number of nitrogens with zero attached hydrogens (tertiary/aromatic N) is 1. The molecule has 3 amide bonds. The van der Waals surface area contributed by atoms with Crippen LogP contribution in [-0.2, 0) is 4.79 Å². The first-order valence-corrected chi connectivity index (χ1v) is 6.49. The van der Waals surface area contributed by atoms with Crippen molar-refractivity contribution in [2.24, 2.45) is 5.84 Å². The van der Waals surface area contributed by atoms with Crippen molar-refractivity contribution in [3.8, 4) is 0 Å². The second-order valence-corrected chi connectivity index (χ2v) is 5.04. The highest BCUT2D eigenvalue weighted by molar-refractivity contribution is 9.10. The van der Waals surface area contributed by atoms with E-state index in [0.717, 1.165) is 9.37 Å². The summed E-state index contributed by atoms with van der Waals surface area (Å²) in [6.45, 7) is 0.206. The molecule has 0 atom stereocenters. The van der Waals surface area contributed by atoms with Gasteiger partial charge in [0.25, 0.3) is 11.8 Å². The van der Waals surface area contributed by atoms with Crippen LogP contribution in [0.3, 0.4) is 0 Å².